The molecule has 1 heterocycles. The van der Waals surface area contributed by atoms with Gasteiger partial charge in [0.1, 0.15) is 11.8 Å². The quantitative estimate of drug-likeness (QED) is 0.914. The SMILES string of the molecule is CN(C)C(=O)Oc1ccc(Cl)cc1C(=O)Nc1cnc(C#N)cn1. The highest BCUT2D eigenvalue weighted by Crippen LogP contribution is 2.24. The highest BCUT2D eigenvalue weighted by Gasteiger charge is 2.17. The number of amides is 2. The maximum absolute atomic E-state index is 12.4. The fourth-order valence-electron chi connectivity index (χ4n) is 1.59. The molecule has 0 atom stereocenters. The average molecular weight is 346 g/mol. The average Bonchev–Trinajstić information content (AvgIpc) is 2.56. The summed E-state index contributed by atoms with van der Waals surface area (Å²) in [6, 6.07) is 6.11. The molecule has 0 saturated heterocycles. The van der Waals surface area contributed by atoms with E-state index in [1.54, 1.807) is 0 Å². The van der Waals surface area contributed by atoms with Gasteiger partial charge in [-0.05, 0) is 18.2 Å². The largest absolute Gasteiger partial charge is 0.414 e. The summed E-state index contributed by atoms with van der Waals surface area (Å²) in [6.07, 6.45) is 1.83. The predicted molar refractivity (Wildman–Crippen MR) is 85.9 cm³/mol. The minimum Gasteiger partial charge on any atom is -0.409 e. The number of halogens is 1. The molecule has 0 radical (unpaired) electrons. The molecular weight excluding hydrogens is 334 g/mol. The van der Waals surface area contributed by atoms with Crippen LogP contribution in [-0.4, -0.2) is 41.0 Å². The van der Waals surface area contributed by atoms with Gasteiger partial charge in [-0.2, -0.15) is 5.26 Å². The number of nitrogens with one attached hydrogen (secondary N) is 1. The molecule has 0 fully saturated rings. The van der Waals surface area contributed by atoms with Crippen molar-refractivity contribution in [3.63, 3.8) is 0 Å². The van der Waals surface area contributed by atoms with Gasteiger partial charge in [-0.3, -0.25) is 4.79 Å². The second-order valence-corrected chi connectivity index (χ2v) is 5.19. The van der Waals surface area contributed by atoms with Crippen molar-refractivity contribution in [1.82, 2.24) is 14.9 Å². The van der Waals surface area contributed by atoms with Crippen LogP contribution < -0.4 is 10.1 Å². The standard InChI is InChI=1S/C15H12ClN5O3/c1-21(2)15(23)24-12-4-3-9(16)5-11(12)14(22)20-13-8-18-10(6-17)7-19-13/h3-5,7-8H,1-2H3,(H,19,20,22). The Balaban J connectivity index is 2.25. The molecule has 2 aromatic rings. The van der Waals surface area contributed by atoms with Crippen molar-refractivity contribution >= 4 is 29.4 Å². The Bertz CT molecular complexity index is 815. The first-order valence-corrected chi connectivity index (χ1v) is 7.00. The van der Waals surface area contributed by atoms with Crippen LogP contribution in [0.1, 0.15) is 16.1 Å². The molecule has 0 saturated carbocycles. The third-order valence-corrected chi connectivity index (χ3v) is 2.99. The van der Waals surface area contributed by atoms with Crippen LogP contribution in [0.5, 0.6) is 5.75 Å². The molecule has 2 rings (SSSR count). The molecule has 24 heavy (non-hydrogen) atoms. The van der Waals surface area contributed by atoms with Crippen molar-refractivity contribution < 1.29 is 14.3 Å². The minimum absolute atomic E-state index is 0.0530. The summed E-state index contributed by atoms with van der Waals surface area (Å²) in [7, 11) is 3.04. The number of carbonyl (C=O) groups excluding carboxylic acids is 2. The monoisotopic (exact) mass is 345 g/mol. The third kappa shape index (κ3) is 4.18. The van der Waals surface area contributed by atoms with E-state index < -0.39 is 12.0 Å². The lowest BCUT2D eigenvalue weighted by Crippen LogP contribution is -2.26. The van der Waals surface area contributed by atoms with Gasteiger partial charge in [0.15, 0.2) is 11.5 Å². The van der Waals surface area contributed by atoms with E-state index in [0.29, 0.717) is 5.02 Å². The zero-order chi connectivity index (χ0) is 17.7. The van der Waals surface area contributed by atoms with Gasteiger partial charge in [-0.25, -0.2) is 14.8 Å². The second-order valence-electron chi connectivity index (χ2n) is 4.76. The number of ether oxygens (including phenoxy) is 1. The molecule has 2 amide bonds. The van der Waals surface area contributed by atoms with E-state index >= 15 is 0 Å². The third-order valence-electron chi connectivity index (χ3n) is 2.76. The molecule has 0 spiro atoms. The van der Waals surface area contributed by atoms with Crippen LogP contribution in [0.3, 0.4) is 0 Å². The first kappa shape index (κ1) is 17.2. The van der Waals surface area contributed by atoms with E-state index in [0.717, 1.165) is 0 Å². The maximum atomic E-state index is 12.4. The highest BCUT2D eigenvalue weighted by molar-refractivity contribution is 6.31. The molecule has 0 aliphatic carbocycles. The highest BCUT2D eigenvalue weighted by atomic mass is 35.5. The summed E-state index contributed by atoms with van der Waals surface area (Å²) in [5, 5.41) is 11.5. The van der Waals surface area contributed by atoms with Crippen molar-refractivity contribution in [2.24, 2.45) is 0 Å². The van der Waals surface area contributed by atoms with E-state index in [9.17, 15) is 9.59 Å². The van der Waals surface area contributed by atoms with Crippen LogP contribution in [0.2, 0.25) is 5.02 Å². The molecule has 1 N–H and O–H groups in total. The van der Waals surface area contributed by atoms with Gasteiger partial charge in [0.2, 0.25) is 0 Å². The summed E-state index contributed by atoms with van der Waals surface area (Å²) < 4.78 is 5.15. The van der Waals surface area contributed by atoms with Crippen molar-refractivity contribution in [3.05, 3.63) is 46.9 Å². The summed E-state index contributed by atoms with van der Waals surface area (Å²) in [6.45, 7) is 0. The van der Waals surface area contributed by atoms with Crippen molar-refractivity contribution in [1.29, 1.82) is 5.26 Å². The lowest BCUT2D eigenvalue weighted by molar-refractivity contribution is 0.102. The lowest BCUT2D eigenvalue weighted by atomic mass is 10.2. The van der Waals surface area contributed by atoms with Crippen LogP contribution in [0.25, 0.3) is 0 Å². The number of nitrogens with zero attached hydrogens (tertiary/aromatic N) is 4. The van der Waals surface area contributed by atoms with Gasteiger partial charge >= 0.3 is 6.09 Å². The molecule has 0 unspecified atom stereocenters. The maximum Gasteiger partial charge on any atom is 0.414 e. The molecule has 1 aromatic heterocycles. The molecule has 8 nitrogen and oxygen atoms in total. The topological polar surface area (TPSA) is 108 Å². The van der Waals surface area contributed by atoms with Crippen molar-refractivity contribution in [2.75, 3.05) is 19.4 Å². The summed E-state index contributed by atoms with van der Waals surface area (Å²) in [5.41, 5.74) is 0.181. The van der Waals surface area contributed by atoms with E-state index in [-0.39, 0.29) is 22.8 Å². The Hall–Kier alpha value is -3.18. The van der Waals surface area contributed by atoms with Gasteiger partial charge < -0.3 is 15.0 Å². The van der Waals surface area contributed by atoms with E-state index in [2.05, 4.69) is 15.3 Å². The van der Waals surface area contributed by atoms with Crippen LogP contribution in [0, 0.1) is 11.3 Å². The fourth-order valence-corrected chi connectivity index (χ4v) is 1.76. The second kappa shape index (κ2) is 7.39. The molecule has 1 aromatic carbocycles. The first-order valence-electron chi connectivity index (χ1n) is 6.63. The van der Waals surface area contributed by atoms with E-state index in [4.69, 9.17) is 21.6 Å². The smallest absolute Gasteiger partial charge is 0.409 e. The summed E-state index contributed by atoms with van der Waals surface area (Å²) in [5.74, 6) is -0.390. The Kier molecular flexibility index (Phi) is 5.29. The van der Waals surface area contributed by atoms with Crippen LogP contribution >= 0.6 is 11.6 Å². The molecular formula is C15H12ClN5O3. The Morgan fingerprint density at radius 3 is 2.62 bits per heavy atom. The number of nitriles is 1. The van der Waals surface area contributed by atoms with E-state index in [1.165, 1.54) is 49.6 Å². The van der Waals surface area contributed by atoms with Gasteiger partial charge in [-0.1, -0.05) is 11.6 Å². The van der Waals surface area contributed by atoms with Gasteiger partial charge in [-0.15, -0.1) is 0 Å². The number of rotatable bonds is 3. The zero-order valence-corrected chi connectivity index (χ0v) is 13.5. The molecule has 0 aliphatic rings. The van der Waals surface area contributed by atoms with Crippen molar-refractivity contribution in [3.8, 4) is 11.8 Å². The first-order chi connectivity index (χ1) is 11.4. The number of anilines is 1. The Morgan fingerprint density at radius 2 is 2.04 bits per heavy atom. The van der Waals surface area contributed by atoms with Gasteiger partial charge in [0, 0.05) is 19.1 Å². The van der Waals surface area contributed by atoms with Crippen LogP contribution in [0.4, 0.5) is 10.6 Å². The van der Waals surface area contributed by atoms with E-state index in [1.807, 2.05) is 6.07 Å². The molecule has 122 valence electrons. The normalized spacial score (nSPS) is 9.75. The zero-order valence-electron chi connectivity index (χ0n) is 12.8. The van der Waals surface area contributed by atoms with Gasteiger partial charge in [0.05, 0.1) is 18.0 Å². The molecule has 0 aliphatic heterocycles. The van der Waals surface area contributed by atoms with Crippen LogP contribution in [0.15, 0.2) is 30.6 Å². The number of carbonyl (C=O) groups is 2. The van der Waals surface area contributed by atoms with Crippen LogP contribution in [-0.2, 0) is 0 Å². The number of aromatic nitrogens is 2. The molecule has 9 heteroatoms. The number of hydrogen-bond acceptors (Lipinski definition) is 6. The minimum atomic E-state index is -0.635. The summed E-state index contributed by atoms with van der Waals surface area (Å²) in [4.78, 5) is 33.0. The Labute approximate surface area is 142 Å². The number of hydrogen-bond donors (Lipinski definition) is 1. The Morgan fingerprint density at radius 1 is 1.29 bits per heavy atom. The van der Waals surface area contributed by atoms with Gasteiger partial charge in [0.25, 0.3) is 5.91 Å². The predicted octanol–water partition coefficient (Wildman–Crippen LogP) is 2.31. The number of benzene rings is 1. The molecule has 0 bridgehead atoms. The summed E-state index contributed by atoms with van der Waals surface area (Å²) >= 11 is 5.91. The fraction of sp³-hybridized carbons (Fsp3) is 0.133. The van der Waals surface area contributed by atoms with Crippen molar-refractivity contribution in [2.45, 2.75) is 0 Å². The lowest BCUT2D eigenvalue weighted by Gasteiger charge is -2.14.